The third-order valence-electron chi connectivity index (χ3n) is 2.78. The summed E-state index contributed by atoms with van der Waals surface area (Å²) < 4.78 is 41.5. The Morgan fingerprint density at radius 3 is 2.57 bits per heavy atom. The summed E-state index contributed by atoms with van der Waals surface area (Å²) in [6.07, 6.45) is -4.74. The van der Waals surface area contributed by atoms with Crippen LogP contribution in [0.2, 0.25) is 0 Å². The van der Waals surface area contributed by atoms with Gasteiger partial charge in [0.1, 0.15) is 5.75 Å². The van der Waals surface area contributed by atoms with E-state index >= 15 is 0 Å². The number of anilines is 1. The Hall–Kier alpha value is -2.45. The average Bonchev–Trinajstić information content (AvgIpc) is 2.43. The zero-order valence-electron chi connectivity index (χ0n) is 12.6. The lowest BCUT2D eigenvalue weighted by Gasteiger charge is -2.19. The fourth-order valence-corrected chi connectivity index (χ4v) is 1.59. The molecule has 0 spiro atoms. The Bertz CT molecular complexity index is 576. The number of rotatable bonds is 6. The standard InChI is InChI=1S/C14H17F3N2O4/c1-9-3-4-10(11(7-9)23-8-14(15,16)17)18-13(22)19(2)6-5-12(20)21/h3-4,7H,5-6,8H2,1-2H3,(H,18,22)(H,20,21). The fraction of sp³-hybridized carbons (Fsp3) is 0.429. The quantitative estimate of drug-likeness (QED) is 0.838. The molecular formula is C14H17F3N2O4. The minimum atomic E-state index is -4.50. The summed E-state index contributed by atoms with van der Waals surface area (Å²) in [5.41, 5.74) is 0.742. The Morgan fingerprint density at radius 1 is 1.35 bits per heavy atom. The number of alkyl halides is 3. The number of ether oxygens (including phenoxy) is 1. The molecule has 0 bridgehead atoms. The number of amides is 2. The number of benzene rings is 1. The number of nitrogens with one attached hydrogen (secondary N) is 1. The minimum Gasteiger partial charge on any atom is -0.482 e. The van der Waals surface area contributed by atoms with E-state index in [0.717, 1.165) is 4.90 Å². The Labute approximate surface area is 130 Å². The van der Waals surface area contributed by atoms with Crippen molar-refractivity contribution in [1.29, 1.82) is 0 Å². The largest absolute Gasteiger partial charge is 0.482 e. The molecule has 0 radical (unpaired) electrons. The van der Waals surface area contributed by atoms with Crippen molar-refractivity contribution in [2.75, 3.05) is 25.5 Å². The van der Waals surface area contributed by atoms with E-state index in [9.17, 15) is 22.8 Å². The van der Waals surface area contributed by atoms with Crippen LogP contribution in [0.25, 0.3) is 0 Å². The molecule has 0 unspecified atom stereocenters. The molecule has 0 aliphatic carbocycles. The monoisotopic (exact) mass is 334 g/mol. The SMILES string of the molecule is Cc1ccc(NC(=O)N(C)CCC(=O)O)c(OCC(F)(F)F)c1. The number of halogens is 3. The Morgan fingerprint density at radius 2 is 2.00 bits per heavy atom. The Balaban J connectivity index is 2.78. The molecule has 0 aliphatic heterocycles. The molecule has 0 aliphatic rings. The van der Waals surface area contributed by atoms with Crippen molar-refractivity contribution in [2.24, 2.45) is 0 Å². The molecule has 2 amide bonds. The van der Waals surface area contributed by atoms with E-state index in [1.54, 1.807) is 13.0 Å². The summed E-state index contributed by atoms with van der Waals surface area (Å²) in [5.74, 6) is -1.17. The average molecular weight is 334 g/mol. The molecule has 1 aromatic carbocycles. The molecule has 2 N–H and O–H groups in total. The first kappa shape index (κ1) is 18.6. The molecule has 6 nitrogen and oxygen atoms in total. The van der Waals surface area contributed by atoms with E-state index in [0.29, 0.717) is 5.56 Å². The molecule has 0 saturated heterocycles. The highest BCUT2D eigenvalue weighted by molar-refractivity contribution is 5.91. The highest BCUT2D eigenvalue weighted by Crippen LogP contribution is 2.28. The van der Waals surface area contributed by atoms with Gasteiger partial charge in [0.15, 0.2) is 6.61 Å². The summed E-state index contributed by atoms with van der Waals surface area (Å²) in [5, 5.41) is 11.0. The first-order chi connectivity index (χ1) is 10.6. The van der Waals surface area contributed by atoms with Gasteiger partial charge < -0.3 is 20.1 Å². The number of aliphatic carboxylic acids is 1. The van der Waals surface area contributed by atoms with E-state index in [2.05, 4.69) is 5.32 Å². The van der Waals surface area contributed by atoms with Crippen molar-refractivity contribution in [3.63, 3.8) is 0 Å². The van der Waals surface area contributed by atoms with Crippen LogP contribution in [0.3, 0.4) is 0 Å². The van der Waals surface area contributed by atoms with Crippen LogP contribution in [-0.4, -0.2) is 48.4 Å². The number of hydrogen-bond donors (Lipinski definition) is 2. The van der Waals surface area contributed by atoms with Gasteiger partial charge in [-0.2, -0.15) is 13.2 Å². The molecule has 0 atom stereocenters. The topological polar surface area (TPSA) is 78.9 Å². The van der Waals surface area contributed by atoms with E-state index in [-0.39, 0.29) is 24.4 Å². The summed E-state index contributed by atoms with van der Waals surface area (Å²) in [4.78, 5) is 23.5. The molecule has 0 saturated carbocycles. The maximum Gasteiger partial charge on any atom is 0.422 e. The van der Waals surface area contributed by atoms with Crippen LogP contribution >= 0.6 is 0 Å². The molecule has 128 valence electrons. The maximum atomic E-state index is 12.3. The second-order valence-corrected chi connectivity index (χ2v) is 4.90. The molecule has 1 aromatic rings. The van der Waals surface area contributed by atoms with Crippen molar-refractivity contribution in [3.8, 4) is 5.75 Å². The van der Waals surface area contributed by atoms with Crippen molar-refractivity contribution < 1.29 is 32.6 Å². The van der Waals surface area contributed by atoms with Crippen LogP contribution in [-0.2, 0) is 4.79 Å². The predicted molar refractivity (Wildman–Crippen MR) is 76.6 cm³/mol. The van der Waals surface area contributed by atoms with Gasteiger partial charge in [-0.25, -0.2) is 4.79 Å². The van der Waals surface area contributed by atoms with Gasteiger partial charge in [-0.1, -0.05) is 6.07 Å². The predicted octanol–water partition coefficient (Wildman–Crippen LogP) is 2.87. The highest BCUT2D eigenvalue weighted by atomic mass is 19.4. The first-order valence-corrected chi connectivity index (χ1v) is 6.62. The number of nitrogens with zero attached hydrogens (tertiary/aromatic N) is 1. The normalized spacial score (nSPS) is 11.0. The number of carboxylic acid groups (broad SMARTS) is 1. The van der Waals surface area contributed by atoms with Crippen molar-refractivity contribution >= 4 is 17.7 Å². The van der Waals surface area contributed by atoms with E-state index in [4.69, 9.17) is 9.84 Å². The second kappa shape index (κ2) is 7.70. The fourth-order valence-electron chi connectivity index (χ4n) is 1.59. The lowest BCUT2D eigenvalue weighted by Crippen LogP contribution is -2.33. The Kier molecular flexibility index (Phi) is 6.23. The molecule has 9 heteroatoms. The van der Waals surface area contributed by atoms with Gasteiger partial charge in [-0.05, 0) is 24.6 Å². The van der Waals surface area contributed by atoms with Crippen LogP contribution < -0.4 is 10.1 Å². The smallest absolute Gasteiger partial charge is 0.422 e. The zero-order valence-corrected chi connectivity index (χ0v) is 12.6. The van der Waals surface area contributed by atoms with Gasteiger partial charge in [0.25, 0.3) is 0 Å². The molecule has 0 aromatic heterocycles. The van der Waals surface area contributed by atoms with Gasteiger partial charge in [0.2, 0.25) is 0 Å². The molecule has 0 heterocycles. The van der Waals surface area contributed by atoms with Crippen LogP contribution in [0, 0.1) is 6.92 Å². The highest BCUT2D eigenvalue weighted by Gasteiger charge is 2.29. The number of urea groups is 1. The number of carbonyl (C=O) groups excluding carboxylic acids is 1. The minimum absolute atomic E-state index is 0.0359. The number of carboxylic acids is 1. The van der Waals surface area contributed by atoms with Crippen LogP contribution in [0.4, 0.5) is 23.7 Å². The van der Waals surface area contributed by atoms with Crippen molar-refractivity contribution in [2.45, 2.75) is 19.5 Å². The van der Waals surface area contributed by atoms with E-state index < -0.39 is 24.8 Å². The molecular weight excluding hydrogens is 317 g/mol. The third kappa shape index (κ3) is 6.90. The summed E-state index contributed by atoms with van der Waals surface area (Å²) >= 11 is 0. The second-order valence-electron chi connectivity index (χ2n) is 4.90. The van der Waals surface area contributed by atoms with Gasteiger partial charge in [0, 0.05) is 13.6 Å². The van der Waals surface area contributed by atoms with Gasteiger partial charge >= 0.3 is 18.2 Å². The number of carbonyl (C=O) groups is 2. The van der Waals surface area contributed by atoms with Crippen LogP contribution in [0.1, 0.15) is 12.0 Å². The van der Waals surface area contributed by atoms with Gasteiger partial charge in [0.05, 0.1) is 12.1 Å². The van der Waals surface area contributed by atoms with E-state index in [1.807, 2.05) is 0 Å². The van der Waals surface area contributed by atoms with Gasteiger partial charge in [-0.3, -0.25) is 4.79 Å². The lowest BCUT2D eigenvalue weighted by atomic mass is 10.2. The summed E-state index contributed by atoms with van der Waals surface area (Å²) in [6, 6.07) is 3.75. The molecule has 1 rings (SSSR count). The maximum absolute atomic E-state index is 12.3. The van der Waals surface area contributed by atoms with Crippen molar-refractivity contribution in [1.82, 2.24) is 4.90 Å². The molecule has 0 fully saturated rings. The third-order valence-corrected chi connectivity index (χ3v) is 2.78. The van der Waals surface area contributed by atoms with Crippen molar-refractivity contribution in [3.05, 3.63) is 23.8 Å². The zero-order chi connectivity index (χ0) is 17.6. The summed E-state index contributed by atoms with van der Waals surface area (Å²) in [7, 11) is 1.38. The van der Waals surface area contributed by atoms with Crippen LogP contribution in [0.15, 0.2) is 18.2 Å². The van der Waals surface area contributed by atoms with Crippen LogP contribution in [0.5, 0.6) is 5.75 Å². The number of hydrogen-bond acceptors (Lipinski definition) is 3. The van der Waals surface area contributed by atoms with Gasteiger partial charge in [-0.15, -0.1) is 0 Å². The summed E-state index contributed by atoms with van der Waals surface area (Å²) in [6.45, 7) is 0.158. The van der Waals surface area contributed by atoms with E-state index in [1.165, 1.54) is 19.2 Å². The molecule has 23 heavy (non-hydrogen) atoms. The first-order valence-electron chi connectivity index (χ1n) is 6.62. The lowest BCUT2D eigenvalue weighted by molar-refractivity contribution is -0.153. The number of aryl methyl sites for hydroxylation is 1.